The van der Waals surface area contributed by atoms with Gasteiger partial charge in [0.1, 0.15) is 5.75 Å². The van der Waals surface area contributed by atoms with Gasteiger partial charge in [0.25, 0.3) is 5.69 Å². The van der Waals surface area contributed by atoms with Crippen LogP contribution in [0.2, 0.25) is 0 Å². The fourth-order valence-electron chi connectivity index (χ4n) is 0.946. The summed E-state index contributed by atoms with van der Waals surface area (Å²) in [7, 11) is 1.57. The van der Waals surface area contributed by atoms with E-state index in [9.17, 15) is 10.1 Å². The number of hydrazone groups is 1. The Morgan fingerprint density at radius 3 is 2.93 bits per heavy atom. The first-order chi connectivity index (χ1) is 6.65. The van der Waals surface area contributed by atoms with Crippen molar-refractivity contribution in [1.82, 2.24) is 5.43 Å². The largest absolute Gasteiger partial charge is 0.508 e. The highest BCUT2D eigenvalue weighted by Gasteiger charge is 2.11. The third-order valence-electron chi connectivity index (χ3n) is 1.54. The lowest BCUT2D eigenvalue weighted by Gasteiger charge is -1.97. The Morgan fingerprint density at radius 2 is 2.36 bits per heavy atom. The molecule has 0 bridgehead atoms. The van der Waals surface area contributed by atoms with Crippen molar-refractivity contribution in [2.75, 3.05) is 7.05 Å². The second-order valence-electron chi connectivity index (χ2n) is 2.48. The van der Waals surface area contributed by atoms with Crippen molar-refractivity contribution in [3.63, 3.8) is 0 Å². The molecule has 74 valence electrons. The fourth-order valence-corrected chi connectivity index (χ4v) is 0.946. The minimum atomic E-state index is -0.531. The van der Waals surface area contributed by atoms with Crippen LogP contribution in [-0.4, -0.2) is 23.3 Å². The Kier molecular flexibility index (Phi) is 3.01. The summed E-state index contributed by atoms with van der Waals surface area (Å²) >= 11 is 0. The van der Waals surface area contributed by atoms with Gasteiger partial charge in [-0.3, -0.25) is 10.1 Å². The summed E-state index contributed by atoms with van der Waals surface area (Å²) in [5, 5.41) is 23.3. The first-order valence-corrected chi connectivity index (χ1v) is 3.82. The summed E-state index contributed by atoms with van der Waals surface area (Å²) in [5.74, 6) is -0.0341. The summed E-state index contributed by atoms with van der Waals surface area (Å²) < 4.78 is 0. The zero-order valence-electron chi connectivity index (χ0n) is 7.47. The van der Waals surface area contributed by atoms with Gasteiger partial charge in [0.2, 0.25) is 0 Å². The third kappa shape index (κ3) is 2.19. The van der Waals surface area contributed by atoms with Gasteiger partial charge in [0, 0.05) is 13.1 Å². The van der Waals surface area contributed by atoms with E-state index in [1.54, 1.807) is 7.05 Å². The standard InChI is InChI=1S/C8H9N3O3/c1-9-10-5-6-4-7(12)2-3-8(6)11(13)14/h2-5,9,12H,1H3/b10-5-. The monoisotopic (exact) mass is 195 g/mol. The van der Waals surface area contributed by atoms with Gasteiger partial charge in [-0.1, -0.05) is 0 Å². The summed E-state index contributed by atoms with van der Waals surface area (Å²) in [6.07, 6.45) is 1.28. The van der Waals surface area contributed by atoms with Gasteiger partial charge in [-0.15, -0.1) is 0 Å². The number of nitro groups is 1. The average Bonchev–Trinajstić information content (AvgIpc) is 2.14. The van der Waals surface area contributed by atoms with Crippen molar-refractivity contribution < 1.29 is 10.0 Å². The van der Waals surface area contributed by atoms with E-state index in [-0.39, 0.29) is 17.0 Å². The first kappa shape index (κ1) is 9.97. The molecule has 0 unspecified atom stereocenters. The predicted molar refractivity (Wildman–Crippen MR) is 51.4 cm³/mol. The lowest BCUT2D eigenvalue weighted by molar-refractivity contribution is -0.385. The van der Waals surface area contributed by atoms with E-state index in [1.165, 1.54) is 24.4 Å². The predicted octanol–water partition coefficient (Wildman–Crippen LogP) is 0.854. The van der Waals surface area contributed by atoms with Crippen LogP contribution in [0.4, 0.5) is 5.69 Å². The molecule has 0 saturated carbocycles. The van der Waals surface area contributed by atoms with Crippen LogP contribution >= 0.6 is 0 Å². The number of rotatable bonds is 3. The smallest absolute Gasteiger partial charge is 0.278 e. The number of hydrogen-bond donors (Lipinski definition) is 2. The molecule has 0 atom stereocenters. The molecule has 0 amide bonds. The SMILES string of the molecule is CN/N=C\c1cc(O)ccc1[N+](=O)[O-]. The van der Waals surface area contributed by atoms with E-state index in [4.69, 9.17) is 5.11 Å². The molecule has 0 aromatic heterocycles. The molecule has 6 heteroatoms. The zero-order chi connectivity index (χ0) is 10.6. The molecule has 0 aliphatic rings. The Morgan fingerprint density at radius 1 is 1.64 bits per heavy atom. The molecule has 14 heavy (non-hydrogen) atoms. The highest BCUT2D eigenvalue weighted by atomic mass is 16.6. The van der Waals surface area contributed by atoms with E-state index in [2.05, 4.69) is 10.5 Å². The average molecular weight is 195 g/mol. The number of phenols is 1. The quantitative estimate of drug-likeness (QED) is 0.425. The zero-order valence-corrected chi connectivity index (χ0v) is 7.47. The number of benzene rings is 1. The van der Waals surface area contributed by atoms with Gasteiger partial charge in [-0.25, -0.2) is 0 Å². The molecule has 0 heterocycles. The van der Waals surface area contributed by atoms with Crippen molar-refractivity contribution >= 4 is 11.9 Å². The molecular weight excluding hydrogens is 186 g/mol. The Hall–Kier alpha value is -2.11. The lowest BCUT2D eigenvalue weighted by atomic mass is 10.2. The van der Waals surface area contributed by atoms with Crippen LogP contribution in [0.1, 0.15) is 5.56 Å². The number of nitrogens with zero attached hydrogens (tertiary/aromatic N) is 2. The van der Waals surface area contributed by atoms with Crippen LogP contribution in [0.25, 0.3) is 0 Å². The molecule has 0 radical (unpaired) electrons. The van der Waals surface area contributed by atoms with Crippen LogP contribution in [-0.2, 0) is 0 Å². The van der Waals surface area contributed by atoms with Crippen molar-refractivity contribution in [3.05, 3.63) is 33.9 Å². The summed E-state index contributed by atoms with van der Waals surface area (Å²) in [6.45, 7) is 0. The lowest BCUT2D eigenvalue weighted by Crippen LogP contribution is -1.98. The molecule has 0 fully saturated rings. The number of aromatic hydroxyl groups is 1. The van der Waals surface area contributed by atoms with Gasteiger partial charge in [-0.2, -0.15) is 5.10 Å². The summed E-state index contributed by atoms with van der Waals surface area (Å²) in [4.78, 5) is 10.0. The number of hydrogen-bond acceptors (Lipinski definition) is 5. The molecule has 0 spiro atoms. The second-order valence-corrected chi connectivity index (χ2v) is 2.48. The maximum atomic E-state index is 10.5. The number of nitro benzene ring substituents is 1. The molecule has 0 aliphatic heterocycles. The van der Waals surface area contributed by atoms with Crippen LogP contribution in [0.3, 0.4) is 0 Å². The van der Waals surface area contributed by atoms with Gasteiger partial charge < -0.3 is 10.5 Å². The Bertz CT molecular complexity index is 376. The van der Waals surface area contributed by atoms with E-state index >= 15 is 0 Å². The van der Waals surface area contributed by atoms with Gasteiger partial charge in [0.15, 0.2) is 0 Å². The van der Waals surface area contributed by atoms with E-state index in [0.717, 1.165) is 0 Å². The Balaban J connectivity index is 3.15. The molecule has 1 aromatic rings. The molecule has 2 N–H and O–H groups in total. The van der Waals surface area contributed by atoms with E-state index in [0.29, 0.717) is 0 Å². The van der Waals surface area contributed by atoms with Crippen LogP contribution in [0, 0.1) is 10.1 Å². The van der Waals surface area contributed by atoms with Crippen LogP contribution in [0.15, 0.2) is 23.3 Å². The molecule has 0 saturated heterocycles. The third-order valence-corrected chi connectivity index (χ3v) is 1.54. The summed E-state index contributed by atoms with van der Waals surface area (Å²) in [6, 6.07) is 3.76. The molecule has 1 aromatic carbocycles. The van der Waals surface area contributed by atoms with Gasteiger partial charge >= 0.3 is 0 Å². The first-order valence-electron chi connectivity index (χ1n) is 3.82. The summed E-state index contributed by atoms with van der Waals surface area (Å²) in [5.41, 5.74) is 2.63. The minimum Gasteiger partial charge on any atom is -0.508 e. The molecular formula is C8H9N3O3. The second kappa shape index (κ2) is 4.22. The Labute approximate surface area is 80.0 Å². The number of nitrogens with one attached hydrogen (secondary N) is 1. The van der Waals surface area contributed by atoms with E-state index in [1.807, 2.05) is 0 Å². The fraction of sp³-hybridized carbons (Fsp3) is 0.125. The topological polar surface area (TPSA) is 87.8 Å². The van der Waals surface area contributed by atoms with Crippen molar-refractivity contribution in [1.29, 1.82) is 0 Å². The van der Waals surface area contributed by atoms with Gasteiger partial charge in [0.05, 0.1) is 16.7 Å². The highest BCUT2D eigenvalue weighted by Crippen LogP contribution is 2.21. The molecule has 6 nitrogen and oxygen atoms in total. The van der Waals surface area contributed by atoms with Crippen molar-refractivity contribution in [2.24, 2.45) is 5.10 Å². The van der Waals surface area contributed by atoms with Crippen molar-refractivity contribution in [3.8, 4) is 5.75 Å². The van der Waals surface area contributed by atoms with Crippen molar-refractivity contribution in [2.45, 2.75) is 0 Å². The van der Waals surface area contributed by atoms with Crippen LogP contribution < -0.4 is 5.43 Å². The van der Waals surface area contributed by atoms with Crippen LogP contribution in [0.5, 0.6) is 5.75 Å². The highest BCUT2D eigenvalue weighted by molar-refractivity contribution is 5.85. The normalized spacial score (nSPS) is 10.4. The van der Waals surface area contributed by atoms with Gasteiger partial charge in [-0.05, 0) is 12.1 Å². The number of phenolic OH excluding ortho intramolecular Hbond substituents is 1. The molecule has 1 rings (SSSR count). The minimum absolute atomic E-state index is 0.0341. The maximum Gasteiger partial charge on any atom is 0.278 e. The van der Waals surface area contributed by atoms with E-state index < -0.39 is 4.92 Å². The molecule has 0 aliphatic carbocycles. The maximum absolute atomic E-state index is 10.5.